The summed E-state index contributed by atoms with van der Waals surface area (Å²) in [5.41, 5.74) is 1.64. The molecule has 4 aromatic rings. The number of thiocarbonyl (C=S) groups is 1. The number of alkyl halides is 3. The van der Waals surface area contributed by atoms with Gasteiger partial charge in [0.25, 0.3) is 5.91 Å². The number of hydrogen-bond donors (Lipinski definition) is 2. The molecule has 2 N–H and O–H groups in total. The first-order valence-electron chi connectivity index (χ1n) is 22.8. The van der Waals surface area contributed by atoms with Gasteiger partial charge in [-0.25, -0.2) is 4.98 Å². The first-order valence-corrected chi connectivity index (χ1v) is 24.1. The van der Waals surface area contributed by atoms with E-state index in [2.05, 4.69) is 10.3 Å². The van der Waals surface area contributed by atoms with Gasteiger partial charge >= 0.3 is 6.18 Å². The number of aromatic nitrogens is 1. The summed E-state index contributed by atoms with van der Waals surface area (Å²) in [7, 11) is 0. The number of anilines is 2. The molecule has 0 radical (unpaired) electrons. The van der Waals surface area contributed by atoms with Crippen LogP contribution in [0.3, 0.4) is 0 Å². The minimum atomic E-state index is -4.80. The molecule has 1 aliphatic carbocycles. The molecule has 0 bridgehead atoms. The normalized spacial score (nSPS) is 18.6. The molecule has 69 heavy (non-hydrogen) atoms. The second-order valence-electron chi connectivity index (χ2n) is 19.0. The van der Waals surface area contributed by atoms with Crippen LogP contribution in [0.4, 0.5) is 24.5 Å². The van der Waals surface area contributed by atoms with Crippen molar-refractivity contribution in [1.82, 2.24) is 10.3 Å². The van der Waals surface area contributed by atoms with Crippen LogP contribution in [0.2, 0.25) is 0 Å². The number of halogens is 3. The zero-order valence-corrected chi connectivity index (χ0v) is 41.2. The minimum Gasteiger partial charge on any atom is -0.494 e. The van der Waals surface area contributed by atoms with Crippen molar-refractivity contribution < 1.29 is 51.7 Å². The molecule has 2 fully saturated rings. The van der Waals surface area contributed by atoms with E-state index in [4.69, 9.17) is 26.4 Å². The van der Waals surface area contributed by atoms with Gasteiger partial charge in [-0.15, -0.1) is 11.3 Å². The zero-order valence-electron chi connectivity index (χ0n) is 39.6. The Kier molecular flexibility index (Phi) is 17.2. The van der Waals surface area contributed by atoms with Crippen molar-refractivity contribution in [2.45, 2.75) is 98.0 Å². The average molecular weight is 990 g/mol. The molecule has 4 atom stereocenters. The predicted molar refractivity (Wildman–Crippen MR) is 260 cm³/mol. The molecule has 1 saturated carbocycles. The predicted octanol–water partition coefficient (Wildman–Crippen LogP) is 9.01. The van der Waals surface area contributed by atoms with E-state index >= 15 is 0 Å². The number of rotatable bonds is 21. The molecular weight excluding hydrogens is 932 g/mol. The smallest absolute Gasteiger partial charge is 0.417 e. The lowest BCUT2D eigenvalue weighted by atomic mass is 9.70. The van der Waals surface area contributed by atoms with Gasteiger partial charge in [-0.05, 0) is 111 Å². The molecule has 13 nitrogen and oxygen atoms in total. The molecule has 2 aliphatic rings. The number of benzene rings is 3. The first-order chi connectivity index (χ1) is 32.6. The number of hydrogen-bond acceptors (Lipinski definition) is 12. The highest BCUT2D eigenvalue weighted by atomic mass is 32.1. The summed E-state index contributed by atoms with van der Waals surface area (Å²) in [6.07, 6.45) is -4.18. The Morgan fingerprint density at radius 2 is 1.59 bits per heavy atom. The van der Waals surface area contributed by atoms with Gasteiger partial charge in [-0.3, -0.25) is 24.1 Å². The molecule has 18 heteroatoms. The van der Waals surface area contributed by atoms with Crippen LogP contribution < -0.4 is 19.9 Å². The van der Waals surface area contributed by atoms with Crippen molar-refractivity contribution in [3.05, 3.63) is 94.6 Å². The highest BCUT2D eigenvalue weighted by Crippen LogP contribution is 2.42. The van der Waals surface area contributed by atoms with Crippen molar-refractivity contribution in [3.8, 4) is 22.3 Å². The van der Waals surface area contributed by atoms with E-state index in [1.165, 1.54) is 6.07 Å². The van der Waals surface area contributed by atoms with Crippen LogP contribution in [-0.2, 0) is 41.4 Å². The summed E-state index contributed by atoms with van der Waals surface area (Å²) >= 11 is 7.19. The van der Waals surface area contributed by atoms with E-state index < -0.39 is 58.0 Å². The van der Waals surface area contributed by atoms with E-state index in [1.807, 2.05) is 52.0 Å². The molecule has 2 heterocycles. The molecule has 1 unspecified atom stereocenters. The monoisotopic (exact) mass is 989 g/mol. The molecule has 368 valence electrons. The van der Waals surface area contributed by atoms with Gasteiger partial charge in [0.15, 0.2) is 10.9 Å². The summed E-state index contributed by atoms with van der Waals surface area (Å²) in [6, 6.07) is 19.3. The van der Waals surface area contributed by atoms with Gasteiger partial charge in [0.05, 0.1) is 57.6 Å². The number of aryl methyl sites for hydroxylation is 1. The number of carbonyl (C=O) groups excluding carboxylic acids is 4. The fourth-order valence-electron chi connectivity index (χ4n) is 8.72. The van der Waals surface area contributed by atoms with E-state index in [0.717, 1.165) is 38.7 Å². The number of carbonyl (C=O) groups is 4. The highest BCUT2D eigenvalue weighted by molar-refractivity contribution is 7.81. The van der Waals surface area contributed by atoms with Crippen LogP contribution in [0, 0.1) is 41.4 Å². The maximum absolute atomic E-state index is 14.1. The van der Waals surface area contributed by atoms with Crippen LogP contribution in [0.15, 0.2) is 72.2 Å². The third-order valence-electron chi connectivity index (χ3n) is 12.5. The molecule has 6 rings (SSSR count). The Hall–Kier alpha value is -5.58. The van der Waals surface area contributed by atoms with Crippen LogP contribution in [0.25, 0.3) is 10.4 Å². The van der Waals surface area contributed by atoms with Gasteiger partial charge < -0.3 is 29.5 Å². The number of aliphatic hydroxyl groups is 1. The van der Waals surface area contributed by atoms with Crippen LogP contribution in [0.1, 0.15) is 89.1 Å². The number of nitriles is 1. The molecule has 0 spiro atoms. The Labute approximate surface area is 409 Å². The number of aliphatic hydroxyl groups excluding tert-OH is 1. The van der Waals surface area contributed by atoms with Gasteiger partial charge in [0.2, 0.25) is 5.91 Å². The highest BCUT2D eigenvalue weighted by Gasteiger charge is 2.51. The Morgan fingerprint density at radius 3 is 2.22 bits per heavy atom. The summed E-state index contributed by atoms with van der Waals surface area (Å²) in [5.74, 6) is -2.77. The zero-order chi connectivity index (χ0) is 50.3. The van der Waals surface area contributed by atoms with E-state index in [0.29, 0.717) is 44.1 Å². The van der Waals surface area contributed by atoms with Crippen molar-refractivity contribution >= 4 is 63.4 Å². The number of Topliss-reactive ketones (excluding diaryl/α,β-unsaturated/α-hetero) is 2. The summed E-state index contributed by atoms with van der Waals surface area (Å²) in [5, 5.41) is 22.8. The van der Waals surface area contributed by atoms with Crippen LogP contribution >= 0.6 is 23.6 Å². The molecule has 1 aliphatic heterocycles. The number of ether oxygens (including phenoxy) is 3. The fraction of sp³-hybridized carbons (Fsp3) is 0.471. The Bertz CT molecular complexity index is 2540. The molecule has 1 aromatic heterocycles. The van der Waals surface area contributed by atoms with E-state index in [9.17, 15) is 42.7 Å². The van der Waals surface area contributed by atoms with Gasteiger partial charge in [0.1, 0.15) is 23.7 Å². The van der Waals surface area contributed by atoms with Crippen LogP contribution in [0.5, 0.6) is 5.75 Å². The largest absolute Gasteiger partial charge is 0.494 e. The molecular formula is C51H58F3N5O8S2. The van der Waals surface area contributed by atoms with Gasteiger partial charge in [0, 0.05) is 56.7 Å². The second kappa shape index (κ2) is 22.4. The third-order valence-corrected chi connectivity index (χ3v) is 13.8. The van der Waals surface area contributed by atoms with Crippen molar-refractivity contribution in [1.29, 1.82) is 5.26 Å². The van der Waals surface area contributed by atoms with Crippen molar-refractivity contribution in [2.75, 3.05) is 42.8 Å². The second-order valence-corrected chi connectivity index (χ2v) is 20.2. The van der Waals surface area contributed by atoms with E-state index in [1.54, 1.807) is 65.9 Å². The molecule has 1 saturated heterocycles. The number of amides is 2. The quantitative estimate of drug-likeness (QED) is 0.0601. The lowest BCUT2D eigenvalue weighted by Gasteiger charge is -2.32. The summed E-state index contributed by atoms with van der Waals surface area (Å²) in [6.45, 7) is 12.4. The van der Waals surface area contributed by atoms with Gasteiger partial charge in [-0.2, -0.15) is 18.4 Å². The number of nitrogens with zero attached hydrogens (tertiary/aromatic N) is 4. The summed E-state index contributed by atoms with van der Waals surface area (Å²) in [4.78, 5) is 62.2. The number of ketones is 2. The maximum Gasteiger partial charge on any atom is 0.417 e. The van der Waals surface area contributed by atoms with Gasteiger partial charge in [-0.1, -0.05) is 45.0 Å². The van der Waals surface area contributed by atoms with Crippen molar-refractivity contribution in [3.63, 3.8) is 0 Å². The Balaban J connectivity index is 0.883. The average Bonchev–Trinajstić information content (AvgIpc) is 3.97. The molecule has 2 amide bonds. The standard InChI is InChI=1S/C51H58F3N5O8S2/c1-31-45(69-30-57-31)33-11-9-32(10-12-33)28-56-46(63)41-25-37(60)24-40(41)44(62)43(49(2,3)4)26-38(61)29-66-21-7-19-65-20-8-22-67-39-17-15-35(16-18-39)59-48(68)58(47(64)50(59,5)6)36-14-13-34(27-55)42(23-36)51(52,53)54/h9-18,23,30,37,40-41,43,60H,7-8,19-22,24-26,28-29H2,1-6H3,(H,56,63)/t37-,40?,41+,43+/m0/s1. The first kappa shape index (κ1) is 52.8. The van der Waals surface area contributed by atoms with Crippen LogP contribution in [-0.4, -0.2) is 83.3 Å². The SMILES string of the molecule is Cc1ncsc1-c1ccc(CNC(=O)[C@@H]2C[C@@H](O)CC2C(=O)[C@@H](CC(=O)COCCCOCCCOc2ccc(N3C(=S)N(c4ccc(C#N)c(C(F)(F)F)c4)C(=O)C3(C)C)cc2)C(C)(C)C)cc1. The fourth-order valence-corrected chi connectivity index (χ4v) is 10.1. The summed E-state index contributed by atoms with van der Waals surface area (Å²) < 4.78 is 58.4. The lowest BCUT2D eigenvalue weighted by Crippen LogP contribution is -2.44. The minimum absolute atomic E-state index is 0.0111. The lowest BCUT2D eigenvalue weighted by molar-refractivity contribution is -0.139. The van der Waals surface area contributed by atoms with E-state index in [-0.39, 0.29) is 67.3 Å². The maximum atomic E-state index is 14.1. The number of thiazole rings is 1. The third kappa shape index (κ3) is 12.8. The Morgan fingerprint density at radius 1 is 0.957 bits per heavy atom. The number of nitrogens with one attached hydrogen (secondary N) is 1. The molecule has 3 aromatic carbocycles. The topological polar surface area (TPSA) is 171 Å². The van der Waals surface area contributed by atoms with Crippen molar-refractivity contribution in [2.24, 2.45) is 23.2 Å².